The molecule has 1 nitrogen and oxygen atoms in total. The van der Waals surface area contributed by atoms with Crippen molar-refractivity contribution in [1.29, 1.82) is 0 Å². The van der Waals surface area contributed by atoms with Gasteiger partial charge in [-0.05, 0) is 73.2 Å². The van der Waals surface area contributed by atoms with Crippen LogP contribution in [0, 0.1) is 0 Å². The molecule has 140 valence electrons. The summed E-state index contributed by atoms with van der Waals surface area (Å²) in [6.07, 6.45) is 7.30. The van der Waals surface area contributed by atoms with Crippen LogP contribution in [0.4, 0.5) is 17.1 Å². The van der Waals surface area contributed by atoms with Crippen LogP contribution in [0.25, 0.3) is 0 Å². The van der Waals surface area contributed by atoms with Crippen molar-refractivity contribution in [3.05, 3.63) is 90.0 Å². The highest BCUT2D eigenvalue weighted by atomic mass is 15.1. The Morgan fingerprint density at radius 3 is 1.33 bits per heavy atom. The topological polar surface area (TPSA) is 3.24 Å². The summed E-state index contributed by atoms with van der Waals surface area (Å²) >= 11 is 0. The van der Waals surface area contributed by atoms with Crippen molar-refractivity contribution in [3.8, 4) is 0 Å². The largest absolute Gasteiger partial charge is 0.311 e. The average Bonchev–Trinajstić information content (AvgIpc) is 2.73. The fraction of sp³-hybridized carbons (Fsp3) is 0.308. The Morgan fingerprint density at radius 1 is 0.519 bits per heavy atom. The van der Waals surface area contributed by atoms with E-state index in [9.17, 15) is 0 Å². The number of para-hydroxylation sites is 1. The van der Waals surface area contributed by atoms with E-state index in [2.05, 4.69) is 97.6 Å². The molecule has 0 bridgehead atoms. The number of unbranched alkanes of at least 4 members (excludes halogenated alkanes) is 2. The summed E-state index contributed by atoms with van der Waals surface area (Å²) < 4.78 is 0. The first-order chi connectivity index (χ1) is 13.3. The Morgan fingerprint density at radius 2 is 0.926 bits per heavy atom. The van der Waals surface area contributed by atoms with Crippen LogP contribution in [0.1, 0.15) is 50.7 Å². The third kappa shape index (κ3) is 5.23. The lowest BCUT2D eigenvalue weighted by molar-refractivity contribution is 0.795. The van der Waals surface area contributed by atoms with Crippen molar-refractivity contribution >= 4 is 17.1 Å². The van der Waals surface area contributed by atoms with Gasteiger partial charge in [-0.2, -0.15) is 0 Å². The standard InChI is InChI=1S/C26H31N/c1-3-5-10-22-14-18-25(19-15-22)27(24-12-8-7-9-13-24)26-20-16-23(17-21-26)11-6-4-2/h7-9,12-21H,3-6,10-11H2,1-2H3. The molecule has 0 heterocycles. The van der Waals surface area contributed by atoms with Gasteiger partial charge in [0.2, 0.25) is 0 Å². The van der Waals surface area contributed by atoms with E-state index in [0.29, 0.717) is 0 Å². The number of benzene rings is 3. The Kier molecular flexibility index (Phi) is 7.10. The summed E-state index contributed by atoms with van der Waals surface area (Å²) in [4.78, 5) is 2.34. The highest BCUT2D eigenvalue weighted by molar-refractivity contribution is 5.76. The zero-order chi connectivity index (χ0) is 18.9. The summed E-state index contributed by atoms with van der Waals surface area (Å²) in [5.74, 6) is 0. The molecule has 0 spiro atoms. The first-order valence-electron chi connectivity index (χ1n) is 10.3. The summed E-state index contributed by atoms with van der Waals surface area (Å²) in [7, 11) is 0. The van der Waals surface area contributed by atoms with E-state index < -0.39 is 0 Å². The van der Waals surface area contributed by atoms with Crippen molar-refractivity contribution in [2.24, 2.45) is 0 Å². The number of rotatable bonds is 9. The molecule has 0 aliphatic heterocycles. The quantitative estimate of drug-likeness (QED) is 0.377. The number of aryl methyl sites for hydroxylation is 2. The van der Waals surface area contributed by atoms with E-state index in [1.54, 1.807) is 0 Å². The highest BCUT2D eigenvalue weighted by Crippen LogP contribution is 2.34. The highest BCUT2D eigenvalue weighted by Gasteiger charge is 2.12. The number of hydrogen-bond acceptors (Lipinski definition) is 1. The molecule has 3 aromatic rings. The van der Waals surface area contributed by atoms with Crippen molar-refractivity contribution < 1.29 is 0 Å². The van der Waals surface area contributed by atoms with Crippen LogP contribution in [0.3, 0.4) is 0 Å². The molecule has 0 radical (unpaired) electrons. The second-order valence-corrected chi connectivity index (χ2v) is 7.21. The van der Waals surface area contributed by atoms with Crippen molar-refractivity contribution in [3.63, 3.8) is 0 Å². The van der Waals surface area contributed by atoms with Crippen LogP contribution in [0.5, 0.6) is 0 Å². The van der Waals surface area contributed by atoms with E-state index in [4.69, 9.17) is 0 Å². The molecule has 3 rings (SSSR count). The lowest BCUT2D eigenvalue weighted by atomic mass is 10.1. The second kappa shape index (κ2) is 9.97. The molecule has 0 amide bonds. The maximum Gasteiger partial charge on any atom is 0.0461 e. The Bertz CT molecular complexity index is 736. The Labute approximate surface area is 164 Å². The zero-order valence-electron chi connectivity index (χ0n) is 16.7. The van der Waals surface area contributed by atoms with Crippen LogP contribution in [-0.2, 0) is 12.8 Å². The third-order valence-corrected chi connectivity index (χ3v) is 5.04. The number of nitrogens with zero attached hydrogens (tertiary/aromatic N) is 1. The van der Waals surface area contributed by atoms with Gasteiger partial charge in [0.25, 0.3) is 0 Å². The molecule has 1 heteroatoms. The van der Waals surface area contributed by atoms with Gasteiger partial charge in [0.1, 0.15) is 0 Å². The van der Waals surface area contributed by atoms with Gasteiger partial charge in [-0.1, -0.05) is 69.2 Å². The molecule has 0 aliphatic carbocycles. The molecule has 27 heavy (non-hydrogen) atoms. The SMILES string of the molecule is CCCCc1ccc(N(c2ccccc2)c2ccc(CCCC)cc2)cc1. The van der Waals surface area contributed by atoms with E-state index in [1.807, 2.05) is 0 Å². The predicted octanol–water partition coefficient (Wildman–Crippen LogP) is 7.84. The molecule has 0 aliphatic rings. The predicted molar refractivity (Wildman–Crippen MR) is 118 cm³/mol. The minimum absolute atomic E-state index is 1.16. The summed E-state index contributed by atoms with van der Waals surface area (Å²) in [5, 5.41) is 0. The molecule has 0 N–H and O–H groups in total. The van der Waals surface area contributed by atoms with E-state index >= 15 is 0 Å². The van der Waals surface area contributed by atoms with Crippen molar-refractivity contribution in [2.45, 2.75) is 52.4 Å². The molecule has 0 unspecified atom stereocenters. The van der Waals surface area contributed by atoms with Gasteiger partial charge < -0.3 is 4.90 Å². The van der Waals surface area contributed by atoms with Gasteiger partial charge in [0.15, 0.2) is 0 Å². The molecule has 0 saturated carbocycles. The number of anilines is 3. The van der Waals surface area contributed by atoms with Gasteiger partial charge in [0, 0.05) is 17.1 Å². The fourth-order valence-corrected chi connectivity index (χ4v) is 3.41. The fourth-order valence-electron chi connectivity index (χ4n) is 3.41. The molecule has 0 fully saturated rings. The van der Waals surface area contributed by atoms with Crippen LogP contribution < -0.4 is 4.90 Å². The van der Waals surface area contributed by atoms with E-state index in [-0.39, 0.29) is 0 Å². The average molecular weight is 358 g/mol. The lowest BCUT2D eigenvalue weighted by Crippen LogP contribution is -2.10. The molecule has 0 aromatic heterocycles. The minimum Gasteiger partial charge on any atom is -0.311 e. The van der Waals surface area contributed by atoms with Crippen LogP contribution >= 0.6 is 0 Å². The molecule has 3 aromatic carbocycles. The first-order valence-corrected chi connectivity index (χ1v) is 10.3. The Hall–Kier alpha value is -2.54. The smallest absolute Gasteiger partial charge is 0.0461 e. The molecular formula is C26H31N. The molecule has 0 saturated heterocycles. The number of hydrogen-bond donors (Lipinski definition) is 0. The summed E-state index contributed by atoms with van der Waals surface area (Å²) in [6, 6.07) is 28.7. The summed E-state index contributed by atoms with van der Waals surface area (Å²) in [6.45, 7) is 4.49. The normalized spacial score (nSPS) is 10.7. The van der Waals surface area contributed by atoms with Crippen LogP contribution in [0.15, 0.2) is 78.9 Å². The maximum atomic E-state index is 2.34. The zero-order valence-corrected chi connectivity index (χ0v) is 16.7. The van der Waals surface area contributed by atoms with Gasteiger partial charge >= 0.3 is 0 Å². The first kappa shape index (κ1) is 19.2. The van der Waals surface area contributed by atoms with Crippen molar-refractivity contribution in [1.82, 2.24) is 0 Å². The van der Waals surface area contributed by atoms with Gasteiger partial charge in [0.05, 0.1) is 0 Å². The van der Waals surface area contributed by atoms with Crippen molar-refractivity contribution in [2.75, 3.05) is 4.90 Å². The van der Waals surface area contributed by atoms with Crippen LogP contribution in [-0.4, -0.2) is 0 Å². The maximum absolute atomic E-state index is 2.34. The lowest BCUT2D eigenvalue weighted by Gasteiger charge is -2.26. The third-order valence-electron chi connectivity index (χ3n) is 5.04. The van der Waals surface area contributed by atoms with E-state index in [1.165, 1.54) is 53.9 Å². The van der Waals surface area contributed by atoms with Crippen LogP contribution in [0.2, 0.25) is 0 Å². The van der Waals surface area contributed by atoms with Gasteiger partial charge in [-0.3, -0.25) is 0 Å². The molecule has 0 atom stereocenters. The second-order valence-electron chi connectivity index (χ2n) is 7.21. The van der Waals surface area contributed by atoms with E-state index in [0.717, 1.165) is 12.8 Å². The monoisotopic (exact) mass is 357 g/mol. The van der Waals surface area contributed by atoms with Gasteiger partial charge in [-0.25, -0.2) is 0 Å². The van der Waals surface area contributed by atoms with Gasteiger partial charge in [-0.15, -0.1) is 0 Å². The Balaban J connectivity index is 1.90. The minimum atomic E-state index is 1.16. The summed E-state index contributed by atoms with van der Waals surface area (Å²) in [5.41, 5.74) is 6.46. The molecular weight excluding hydrogens is 326 g/mol.